The van der Waals surface area contributed by atoms with Gasteiger partial charge in [0.15, 0.2) is 0 Å². The molecular formula is C22H24Cl2N2O2. The quantitative estimate of drug-likeness (QED) is 0.593. The van der Waals surface area contributed by atoms with Crippen molar-refractivity contribution in [2.75, 3.05) is 0 Å². The molecule has 2 aromatic rings. The number of hydrogen-bond donors (Lipinski definition) is 2. The molecule has 2 rings (SSSR count). The van der Waals surface area contributed by atoms with E-state index in [-0.39, 0.29) is 11.3 Å². The van der Waals surface area contributed by atoms with E-state index < -0.39 is 6.04 Å². The number of carbonyl (C=O) groups is 2. The Morgan fingerprint density at radius 1 is 1.11 bits per heavy atom. The smallest absolute Gasteiger partial charge is 0.251 e. The van der Waals surface area contributed by atoms with Crippen molar-refractivity contribution in [1.29, 1.82) is 0 Å². The third-order valence-corrected chi connectivity index (χ3v) is 4.49. The van der Waals surface area contributed by atoms with Crippen molar-refractivity contribution in [2.45, 2.75) is 33.2 Å². The lowest BCUT2D eigenvalue weighted by molar-refractivity contribution is -0.125. The molecule has 0 spiro atoms. The zero-order chi connectivity index (χ0) is 20.7. The van der Waals surface area contributed by atoms with Gasteiger partial charge in [-0.2, -0.15) is 0 Å². The van der Waals surface area contributed by atoms with Gasteiger partial charge in [0, 0.05) is 15.7 Å². The Morgan fingerprint density at radius 2 is 1.79 bits per heavy atom. The summed E-state index contributed by atoms with van der Waals surface area (Å²) in [6, 6.07) is 13.5. The summed E-state index contributed by atoms with van der Waals surface area (Å²) in [6.45, 7) is 6.23. The van der Waals surface area contributed by atoms with Crippen LogP contribution in [0.25, 0.3) is 6.08 Å². The van der Waals surface area contributed by atoms with Gasteiger partial charge in [-0.3, -0.25) is 9.59 Å². The minimum absolute atomic E-state index is 0.0711. The number of allylic oxidation sites excluding steroid dienone is 1. The number of amides is 2. The third-order valence-electron chi connectivity index (χ3n) is 3.93. The Balaban J connectivity index is 2.34. The maximum absolute atomic E-state index is 12.9. The summed E-state index contributed by atoms with van der Waals surface area (Å²) >= 11 is 12.3. The molecule has 28 heavy (non-hydrogen) atoms. The van der Waals surface area contributed by atoms with Crippen LogP contribution in [0.3, 0.4) is 0 Å². The lowest BCUT2D eigenvalue weighted by Crippen LogP contribution is -2.37. The average molecular weight is 419 g/mol. The number of hydrogen-bond acceptors (Lipinski definition) is 2. The highest BCUT2D eigenvalue weighted by Gasteiger charge is 2.22. The van der Waals surface area contributed by atoms with E-state index in [9.17, 15) is 9.59 Å². The van der Waals surface area contributed by atoms with Gasteiger partial charge in [-0.25, -0.2) is 0 Å². The first-order valence-electron chi connectivity index (χ1n) is 8.91. The van der Waals surface area contributed by atoms with Crippen LogP contribution in [-0.2, 0) is 9.59 Å². The first-order chi connectivity index (χ1) is 13.2. The summed E-state index contributed by atoms with van der Waals surface area (Å²) in [5.74, 6) is -0.320. The Hall–Kier alpha value is -2.30. The van der Waals surface area contributed by atoms with Gasteiger partial charge in [0.25, 0.3) is 5.91 Å². The number of halogens is 2. The van der Waals surface area contributed by atoms with Crippen LogP contribution in [-0.4, -0.2) is 12.3 Å². The van der Waals surface area contributed by atoms with Crippen LogP contribution in [0.15, 0.2) is 54.2 Å². The highest BCUT2D eigenvalue weighted by molar-refractivity contribution is 6.35. The number of carbonyl (C=O) groups excluding carboxylic acids is 2. The molecule has 0 bridgehead atoms. The fourth-order valence-corrected chi connectivity index (χ4v) is 3.24. The molecule has 2 amide bonds. The topological polar surface area (TPSA) is 58.2 Å². The second-order valence-corrected chi connectivity index (χ2v) is 8.53. The highest BCUT2D eigenvalue weighted by Crippen LogP contribution is 2.28. The molecule has 1 atom stereocenters. The average Bonchev–Trinajstić information content (AvgIpc) is 2.61. The van der Waals surface area contributed by atoms with Crippen LogP contribution in [0.2, 0.25) is 10.0 Å². The normalized spacial score (nSPS) is 13.0. The summed E-state index contributed by atoms with van der Waals surface area (Å²) < 4.78 is 0. The molecular weight excluding hydrogens is 395 g/mol. The van der Waals surface area contributed by atoms with Crippen LogP contribution in [0.5, 0.6) is 0 Å². The van der Waals surface area contributed by atoms with Gasteiger partial charge in [0.05, 0.1) is 0 Å². The Morgan fingerprint density at radius 3 is 2.36 bits per heavy atom. The number of benzene rings is 2. The lowest BCUT2D eigenvalue weighted by Gasteiger charge is -2.23. The van der Waals surface area contributed by atoms with Crippen LogP contribution in [0, 0.1) is 5.41 Å². The van der Waals surface area contributed by atoms with Crippen molar-refractivity contribution in [2.24, 2.45) is 5.41 Å². The summed E-state index contributed by atoms with van der Waals surface area (Å²) in [4.78, 5) is 24.0. The van der Waals surface area contributed by atoms with Gasteiger partial charge in [-0.15, -0.1) is 0 Å². The van der Waals surface area contributed by atoms with Crippen LogP contribution < -0.4 is 10.6 Å². The van der Waals surface area contributed by atoms with Crippen molar-refractivity contribution in [1.82, 2.24) is 10.6 Å². The molecule has 2 aromatic carbocycles. The van der Waals surface area contributed by atoms with Gasteiger partial charge >= 0.3 is 0 Å². The van der Waals surface area contributed by atoms with Gasteiger partial charge < -0.3 is 10.6 Å². The molecule has 0 aliphatic rings. The number of nitrogens with one attached hydrogen (secondary N) is 2. The van der Waals surface area contributed by atoms with E-state index >= 15 is 0 Å². The monoisotopic (exact) mass is 418 g/mol. The molecule has 2 N–H and O–H groups in total. The van der Waals surface area contributed by atoms with Gasteiger partial charge in [0.2, 0.25) is 6.41 Å². The van der Waals surface area contributed by atoms with Crippen LogP contribution in [0.1, 0.15) is 44.4 Å². The molecule has 0 heterocycles. The molecule has 0 saturated carbocycles. The lowest BCUT2D eigenvalue weighted by atomic mass is 9.89. The van der Waals surface area contributed by atoms with Crippen molar-refractivity contribution >= 4 is 41.6 Å². The minimum atomic E-state index is -0.789. The highest BCUT2D eigenvalue weighted by atomic mass is 35.5. The van der Waals surface area contributed by atoms with Gasteiger partial charge in [-0.1, -0.05) is 80.4 Å². The standard InChI is InChI=1S/C22H24Cl2N2O2/c1-22(2,3)13-18(11-16-9-10-17(23)12-19(16)24)26-21(28)20(25-14-27)15-7-5-4-6-8-15/h4-12,14,20H,13H2,1-3H3,(H,25,27)(H,26,28)/b18-11+/t20-/m1/s1. The predicted octanol–water partition coefficient (Wildman–Crippen LogP) is 5.37. The second-order valence-electron chi connectivity index (χ2n) is 7.69. The van der Waals surface area contributed by atoms with Gasteiger partial charge in [0.1, 0.15) is 6.04 Å². The Labute approximate surface area is 175 Å². The Bertz CT molecular complexity index is 859. The maximum atomic E-state index is 12.9. The zero-order valence-electron chi connectivity index (χ0n) is 16.1. The largest absolute Gasteiger partial charge is 0.343 e. The van der Waals surface area contributed by atoms with E-state index in [0.717, 1.165) is 5.56 Å². The molecule has 0 saturated heterocycles. The zero-order valence-corrected chi connectivity index (χ0v) is 17.6. The fraction of sp³-hybridized carbons (Fsp3) is 0.273. The summed E-state index contributed by atoms with van der Waals surface area (Å²) in [7, 11) is 0. The van der Waals surface area contributed by atoms with E-state index in [1.807, 2.05) is 24.3 Å². The van der Waals surface area contributed by atoms with Crippen molar-refractivity contribution in [3.05, 3.63) is 75.4 Å². The van der Waals surface area contributed by atoms with E-state index in [4.69, 9.17) is 23.2 Å². The van der Waals surface area contributed by atoms with Crippen molar-refractivity contribution in [3.63, 3.8) is 0 Å². The predicted molar refractivity (Wildman–Crippen MR) is 115 cm³/mol. The number of rotatable bonds is 7. The molecule has 0 aliphatic carbocycles. The maximum Gasteiger partial charge on any atom is 0.251 e. The van der Waals surface area contributed by atoms with Crippen LogP contribution in [0.4, 0.5) is 0 Å². The van der Waals surface area contributed by atoms with Crippen molar-refractivity contribution < 1.29 is 9.59 Å². The first kappa shape index (κ1) is 22.0. The van der Waals surface area contributed by atoms with Crippen LogP contribution >= 0.6 is 23.2 Å². The van der Waals surface area contributed by atoms with E-state index in [2.05, 4.69) is 31.4 Å². The molecule has 4 nitrogen and oxygen atoms in total. The van der Waals surface area contributed by atoms with E-state index in [1.165, 1.54) is 0 Å². The molecule has 6 heteroatoms. The molecule has 0 unspecified atom stereocenters. The van der Waals surface area contributed by atoms with Gasteiger partial charge in [-0.05, 0) is 41.2 Å². The molecule has 148 valence electrons. The first-order valence-corrected chi connectivity index (χ1v) is 9.66. The minimum Gasteiger partial charge on any atom is -0.343 e. The third kappa shape index (κ3) is 6.70. The molecule has 0 radical (unpaired) electrons. The SMILES string of the molecule is CC(C)(C)C/C(=C\c1ccc(Cl)cc1Cl)NC(=O)[C@H](NC=O)c1ccccc1. The molecule has 0 aliphatic heterocycles. The summed E-state index contributed by atoms with van der Waals surface area (Å²) in [5, 5.41) is 6.59. The Kier molecular flexibility index (Phi) is 7.67. The summed E-state index contributed by atoms with van der Waals surface area (Å²) in [5.41, 5.74) is 2.09. The fourth-order valence-electron chi connectivity index (χ4n) is 2.78. The van der Waals surface area contributed by atoms with E-state index in [1.54, 1.807) is 30.3 Å². The van der Waals surface area contributed by atoms with E-state index in [0.29, 0.717) is 34.1 Å². The van der Waals surface area contributed by atoms with Crippen molar-refractivity contribution in [3.8, 4) is 0 Å². The molecule has 0 fully saturated rings. The second kappa shape index (κ2) is 9.76. The summed E-state index contributed by atoms with van der Waals surface area (Å²) in [6.07, 6.45) is 2.98. The molecule has 0 aromatic heterocycles.